The molecule has 0 radical (unpaired) electrons. The normalized spacial score (nSPS) is 11.6. The molecule has 5 nitrogen and oxygen atoms in total. The first-order chi connectivity index (χ1) is 17.7. The van der Waals surface area contributed by atoms with Gasteiger partial charge in [0.1, 0.15) is 0 Å². The van der Waals surface area contributed by atoms with E-state index in [2.05, 4.69) is 58.5 Å². The largest absolute Gasteiger partial charge is 0.316 e. The van der Waals surface area contributed by atoms with Crippen LogP contribution in [0, 0.1) is 10.1 Å². The van der Waals surface area contributed by atoms with Gasteiger partial charge < -0.3 is 4.57 Å². The second-order valence-corrected chi connectivity index (χ2v) is 9.31. The van der Waals surface area contributed by atoms with Gasteiger partial charge in [-0.15, -0.1) is 11.3 Å². The number of aromatic nitrogens is 1. The minimum atomic E-state index is -0.369. The van der Waals surface area contributed by atoms with Crippen molar-refractivity contribution in [2.75, 3.05) is 0 Å². The van der Waals surface area contributed by atoms with E-state index in [1.165, 1.54) is 11.1 Å². The van der Waals surface area contributed by atoms with Crippen LogP contribution < -0.4 is 4.80 Å². The zero-order valence-electron chi connectivity index (χ0n) is 19.6. The Kier molecular flexibility index (Phi) is 7.15. The lowest BCUT2D eigenvalue weighted by Gasteiger charge is -2.19. The number of nitrogens with zero attached hydrogens (tertiary/aromatic N) is 3. The Labute approximate surface area is 213 Å². The maximum Gasteiger partial charge on any atom is 0.269 e. The van der Waals surface area contributed by atoms with Crippen molar-refractivity contribution in [2.45, 2.75) is 18.9 Å². The maximum atomic E-state index is 11.2. The lowest BCUT2D eigenvalue weighted by Crippen LogP contribution is -2.18. The van der Waals surface area contributed by atoms with Crippen molar-refractivity contribution in [3.05, 3.63) is 147 Å². The van der Waals surface area contributed by atoms with Crippen molar-refractivity contribution in [2.24, 2.45) is 4.99 Å². The number of non-ortho nitro benzene ring substituents is 1. The Bertz CT molecular complexity index is 1450. The maximum absolute atomic E-state index is 11.2. The summed E-state index contributed by atoms with van der Waals surface area (Å²) in [7, 11) is 0. The number of nitro benzene ring substituents is 1. The van der Waals surface area contributed by atoms with Crippen LogP contribution in [0.25, 0.3) is 11.3 Å². The highest BCUT2D eigenvalue weighted by atomic mass is 32.1. The molecule has 0 atom stereocenters. The van der Waals surface area contributed by atoms with Gasteiger partial charge in [0.2, 0.25) is 0 Å². The van der Waals surface area contributed by atoms with Crippen LogP contribution in [-0.4, -0.2) is 9.49 Å². The van der Waals surface area contributed by atoms with Gasteiger partial charge in [-0.05, 0) is 47.4 Å². The van der Waals surface area contributed by atoms with Gasteiger partial charge in [-0.1, -0.05) is 78.9 Å². The molecule has 0 aliphatic rings. The second-order valence-electron chi connectivity index (χ2n) is 8.47. The van der Waals surface area contributed by atoms with Crippen LogP contribution >= 0.6 is 11.3 Å². The third kappa shape index (κ3) is 5.34. The van der Waals surface area contributed by atoms with Gasteiger partial charge in [0.15, 0.2) is 4.80 Å². The fraction of sp³-hybridized carbons (Fsp3) is 0.100. The SMILES string of the molecule is O=[N+]([O-])c1ccc(-c2csc(=Nc3ccccc3)n2CCC(c2ccccc2)c2ccccc2)cc1. The zero-order chi connectivity index (χ0) is 24.7. The second kappa shape index (κ2) is 11.0. The van der Waals surface area contributed by atoms with Crippen LogP contribution in [0.15, 0.2) is 126 Å². The third-order valence-electron chi connectivity index (χ3n) is 6.20. The van der Waals surface area contributed by atoms with Crippen LogP contribution in [0.5, 0.6) is 0 Å². The van der Waals surface area contributed by atoms with E-state index >= 15 is 0 Å². The molecule has 0 saturated carbocycles. The van der Waals surface area contributed by atoms with E-state index < -0.39 is 0 Å². The summed E-state index contributed by atoms with van der Waals surface area (Å²) in [4.78, 5) is 16.6. The Morgan fingerprint density at radius 2 is 1.33 bits per heavy atom. The number of hydrogen-bond acceptors (Lipinski definition) is 4. The van der Waals surface area contributed by atoms with E-state index in [1.54, 1.807) is 23.5 Å². The molecule has 5 rings (SSSR count). The number of nitro groups is 1. The molecule has 0 aliphatic carbocycles. The Balaban J connectivity index is 1.55. The van der Waals surface area contributed by atoms with Crippen molar-refractivity contribution in [3.63, 3.8) is 0 Å². The Hall–Kier alpha value is -4.29. The molecular formula is C30H25N3O2S. The molecule has 1 aromatic heterocycles. The predicted octanol–water partition coefficient (Wildman–Crippen LogP) is 7.58. The summed E-state index contributed by atoms with van der Waals surface area (Å²) in [6.45, 7) is 0.746. The van der Waals surface area contributed by atoms with Gasteiger partial charge in [0.05, 0.1) is 16.3 Å². The van der Waals surface area contributed by atoms with Gasteiger partial charge in [0.25, 0.3) is 5.69 Å². The standard InChI is InChI=1S/C30H25N3O2S/c34-33(35)27-18-16-25(17-19-27)29-22-36-30(31-26-14-8-3-9-15-26)32(29)21-20-28(23-10-4-1-5-11-23)24-12-6-2-7-13-24/h1-19,22,28H,20-21H2. The van der Waals surface area contributed by atoms with E-state index in [0.717, 1.165) is 34.7 Å². The molecule has 0 bridgehead atoms. The number of thiazole rings is 1. The molecule has 0 spiro atoms. The minimum Gasteiger partial charge on any atom is -0.316 e. The van der Waals surface area contributed by atoms with Crippen molar-refractivity contribution >= 4 is 22.7 Å². The Morgan fingerprint density at radius 1 is 0.778 bits per heavy atom. The first kappa shape index (κ1) is 23.5. The summed E-state index contributed by atoms with van der Waals surface area (Å²) in [5.74, 6) is 0.231. The van der Waals surface area contributed by atoms with Gasteiger partial charge in [-0.3, -0.25) is 10.1 Å². The summed E-state index contributed by atoms with van der Waals surface area (Å²) in [6.07, 6.45) is 0.882. The molecule has 0 saturated heterocycles. The minimum absolute atomic E-state index is 0.0861. The highest BCUT2D eigenvalue weighted by Crippen LogP contribution is 2.30. The zero-order valence-corrected chi connectivity index (χ0v) is 20.4. The van der Waals surface area contributed by atoms with Crippen LogP contribution in [0.2, 0.25) is 0 Å². The van der Waals surface area contributed by atoms with Crippen LogP contribution in [0.4, 0.5) is 11.4 Å². The van der Waals surface area contributed by atoms with E-state index in [9.17, 15) is 10.1 Å². The fourth-order valence-electron chi connectivity index (χ4n) is 4.39. The molecule has 178 valence electrons. The molecule has 0 aliphatic heterocycles. The number of para-hydroxylation sites is 1. The number of rotatable bonds is 8. The van der Waals surface area contributed by atoms with Gasteiger partial charge in [0, 0.05) is 30.0 Å². The lowest BCUT2D eigenvalue weighted by molar-refractivity contribution is -0.384. The summed E-state index contributed by atoms with van der Waals surface area (Å²) in [5.41, 5.74) is 5.47. The topological polar surface area (TPSA) is 60.4 Å². The first-order valence-corrected chi connectivity index (χ1v) is 12.7. The molecular weight excluding hydrogens is 466 g/mol. The highest BCUT2D eigenvalue weighted by Gasteiger charge is 2.17. The number of benzene rings is 4. The lowest BCUT2D eigenvalue weighted by atomic mass is 9.88. The van der Waals surface area contributed by atoms with Gasteiger partial charge >= 0.3 is 0 Å². The van der Waals surface area contributed by atoms with E-state index in [4.69, 9.17) is 4.99 Å². The smallest absolute Gasteiger partial charge is 0.269 e. The Morgan fingerprint density at radius 3 is 1.89 bits per heavy atom. The quantitative estimate of drug-likeness (QED) is 0.166. The molecule has 1 heterocycles. The molecule has 0 unspecified atom stereocenters. The van der Waals surface area contributed by atoms with E-state index in [1.807, 2.05) is 54.6 Å². The molecule has 4 aromatic carbocycles. The molecule has 0 amide bonds. The van der Waals surface area contributed by atoms with Crippen molar-refractivity contribution in [1.29, 1.82) is 0 Å². The highest BCUT2D eigenvalue weighted by molar-refractivity contribution is 7.07. The summed E-state index contributed by atoms with van der Waals surface area (Å²) < 4.78 is 2.23. The fourth-order valence-corrected chi connectivity index (χ4v) is 5.34. The molecule has 0 fully saturated rings. The molecule has 36 heavy (non-hydrogen) atoms. The van der Waals surface area contributed by atoms with E-state index in [-0.39, 0.29) is 16.5 Å². The summed E-state index contributed by atoms with van der Waals surface area (Å²) in [6, 6.07) is 37.8. The summed E-state index contributed by atoms with van der Waals surface area (Å²) >= 11 is 1.58. The average molecular weight is 492 g/mol. The first-order valence-electron chi connectivity index (χ1n) is 11.8. The number of hydrogen-bond donors (Lipinski definition) is 0. The van der Waals surface area contributed by atoms with Crippen LogP contribution in [-0.2, 0) is 6.54 Å². The predicted molar refractivity (Wildman–Crippen MR) is 145 cm³/mol. The van der Waals surface area contributed by atoms with Gasteiger partial charge in [-0.2, -0.15) is 0 Å². The molecule has 6 heteroatoms. The van der Waals surface area contributed by atoms with Crippen molar-refractivity contribution < 1.29 is 4.92 Å². The average Bonchev–Trinajstić information content (AvgIpc) is 3.33. The van der Waals surface area contributed by atoms with Crippen LogP contribution in [0.3, 0.4) is 0 Å². The van der Waals surface area contributed by atoms with E-state index in [0.29, 0.717) is 0 Å². The van der Waals surface area contributed by atoms with Crippen molar-refractivity contribution in [3.8, 4) is 11.3 Å². The third-order valence-corrected chi connectivity index (χ3v) is 7.06. The van der Waals surface area contributed by atoms with Crippen LogP contribution in [0.1, 0.15) is 23.5 Å². The molecule has 5 aromatic rings. The van der Waals surface area contributed by atoms with Crippen molar-refractivity contribution in [1.82, 2.24) is 4.57 Å². The molecule has 0 N–H and O–H groups in total. The summed E-state index contributed by atoms with van der Waals surface area (Å²) in [5, 5.41) is 13.2. The monoisotopic (exact) mass is 491 g/mol. The van der Waals surface area contributed by atoms with Gasteiger partial charge in [-0.25, -0.2) is 4.99 Å².